The van der Waals surface area contributed by atoms with Crippen LogP contribution in [0.4, 0.5) is 17.1 Å². The number of amides is 1. The monoisotopic (exact) mass is 621 g/mol. The van der Waals surface area contributed by atoms with Crippen molar-refractivity contribution in [2.75, 3.05) is 29.3 Å². The van der Waals surface area contributed by atoms with Gasteiger partial charge < -0.3 is 20.5 Å². The van der Waals surface area contributed by atoms with Crippen LogP contribution in [0.1, 0.15) is 54.4 Å². The minimum atomic E-state index is -3.67. The maximum absolute atomic E-state index is 13.2. The summed E-state index contributed by atoms with van der Waals surface area (Å²) < 4.78 is 38.6. The zero-order chi connectivity index (χ0) is 32.3. The van der Waals surface area contributed by atoms with Crippen molar-refractivity contribution in [3.63, 3.8) is 0 Å². The van der Waals surface area contributed by atoms with Crippen molar-refractivity contribution in [3.05, 3.63) is 84.6 Å². The molecule has 4 rings (SSSR count). The van der Waals surface area contributed by atoms with Crippen LogP contribution in [0.5, 0.6) is 11.5 Å². The highest BCUT2D eigenvalue weighted by Gasteiger charge is 2.31. The lowest BCUT2D eigenvalue weighted by Crippen LogP contribution is -2.40. The highest BCUT2D eigenvalue weighted by atomic mass is 32.2. The lowest BCUT2D eigenvalue weighted by atomic mass is 10.1. The molecule has 10 nitrogen and oxygen atoms in total. The fraction of sp³-hybridized carbons (Fsp3) is 0.333. The van der Waals surface area contributed by atoms with Gasteiger partial charge in [-0.1, -0.05) is 37.6 Å². The molecular formula is C33H43N5O5S. The average molecular weight is 622 g/mol. The van der Waals surface area contributed by atoms with E-state index in [9.17, 15) is 13.2 Å². The molecule has 1 aliphatic heterocycles. The second-order valence-corrected chi connectivity index (χ2v) is 12.5. The van der Waals surface area contributed by atoms with Crippen LogP contribution in [0, 0.1) is 0 Å². The minimum absolute atomic E-state index is 0.126. The van der Waals surface area contributed by atoms with Crippen LogP contribution in [0.25, 0.3) is 0 Å². The summed E-state index contributed by atoms with van der Waals surface area (Å²) in [5.41, 5.74) is 8.04. The number of anilines is 3. The predicted octanol–water partition coefficient (Wildman–Crippen LogP) is 6.33. The van der Waals surface area contributed by atoms with E-state index in [0.29, 0.717) is 48.0 Å². The topological polar surface area (TPSA) is 135 Å². The van der Waals surface area contributed by atoms with Gasteiger partial charge in [0.2, 0.25) is 10.0 Å². The number of nitrogens with two attached hydrogens (primary N) is 1. The first-order chi connectivity index (χ1) is 20.9. The largest absolute Gasteiger partial charge is 0.492 e. The molecule has 4 N–H and O–H groups in total. The molecule has 0 bridgehead atoms. The summed E-state index contributed by atoms with van der Waals surface area (Å²) in [7, 11) is -3.67. The number of ether oxygens (including phenoxy) is 2. The molecule has 0 aliphatic carbocycles. The molecule has 0 saturated heterocycles. The SMILES string of the molecule is CCCC1=NN(c2ccc(S(=O)(=O)NC(C)(C)C)cc2)C(=O)C1=CNc1ccccc1OCC.CCOc1ccccc1N. The van der Waals surface area contributed by atoms with Crippen molar-refractivity contribution in [2.24, 2.45) is 5.10 Å². The molecule has 3 aromatic carbocycles. The minimum Gasteiger partial charge on any atom is -0.492 e. The normalized spacial score (nSPS) is 14.1. The van der Waals surface area contributed by atoms with Gasteiger partial charge in [-0.05, 0) is 89.6 Å². The number of nitrogens with one attached hydrogen (secondary N) is 2. The van der Waals surface area contributed by atoms with Crippen molar-refractivity contribution < 1.29 is 22.7 Å². The third kappa shape index (κ3) is 9.32. The molecule has 0 spiro atoms. The van der Waals surface area contributed by atoms with Crippen molar-refractivity contribution in [3.8, 4) is 11.5 Å². The summed E-state index contributed by atoms with van der Waals surface area (Å²) in [6.45, 7) is 12.4. The van der Waals surface area contributed by atoms with Crippen LogP contribution < -0.4 is 30.3 Å². The Morgan fingerprint density at radius 1 is 0.886 bits per heavy atom. The average Bonchev–Trinajstić information content (AvgIpc) is 3.28. The van der Waals surface area contributed by atoms with Gasteiger partial charge in [0.1, 0.15) is 11.5 Å². The Bertz CT molecular complexity index is 1580. The summed E-state index contributed by atoms with van der Waals surface area (Å²) in [6, 6.07) is 21.1. The van der Waals surface area contributed by atoms with Crippen LogP contribution in [-0.2, 0) is 14.8 Å². The Balaban J connectivity index is 0.000000448. The summed E-state index contributed by atoms with van der Waals surface area (Å²) in [5.74, 6) is 1.18. The van der Waals surface area contributed by atoms with Crippen molar-refractivity contribution in [1.82, 2.24) is 4.72 Å². The number of hydrogen-bond donors (Lipinski definition) is 3. The van der Waals surface area contributed by atoms with Gasteiger partial charge in [-0.25, -0.2) is 13.1 Å². The number of carbonyl (C=O) groups is 1. The van der Waals surface area contributed by atoms with E-state index in [1.54, 1.807) is 39.1 Å². The van der Waals surface area contributed by atoms with E-state index in [1.807, 2.05) is 69.3 Å². The van der Waals surface area contributed by atoms with Crippen LogP contribution in [-0.4, -0.2) is 38.8 Å². The Kier molecular flexibility index (Phi) is 11.9. The molecule has 0 fully saturated rings. The number of hydrogen-bond acceptors (Lipinski definition) is 8. The van der Waals surface area contributed by atoms with Gasteiger partial charge >= 0.3 is 0 Å². The quantitative estimate of drug-likeness (QED) is 0.168. The summed E-state index contributed by atoms with van der Waals surface area (Å²) in [5, 5.41) is 9.01. The van der Waals surface area contributed by atoms with Crippen LogP contribution in [0.2, 0.25) is 0 Å². The molecule has 236 valence electrons. The van der Waals surface area contributed by atoms with Crippen LogP contribution >= 0.6 is 0 Å². The molecular weight excluding hydrogens is 578 g/mol. The first-order valence-corrected chi connectivity index (χ1v) is 16.1. The second-order valence-electron chi connectivity index (χ2n) is 10.9. The smallest absolute Gasteiger partial charge is 0.282 e. The zero-order valence-corrected chi connectivity index (χ0v) is 27.1. The lowest BCUT2D eigenvalue weighted by molar-refractivity contribution is -0.114. The second kappa shape index (κ2) is 15.4. The number of sulfonamides is 1. The number of rotatable bonds is 11. The van der Waals surface area contributed by atoms with E-state index in [1.165, 1.54) is 17.1 Å². The van der Waals surface area contributed by atoms with E-state index in [-0.39, 0.29) is 10.8 Å². The summed E-state index contributed by atoms with van der Waals surface area (Å²) in [6.07, 6.45) is 3.11. The zero-order valence-electron chi connectivity index (χ0n) is 26.3. The Morgan fingerprint density at radius 2 is 1.48 bits per heavy atom. The van der Waals surface area contributed by atoms with Crippen molar-refractivity contribution in [1.29, 1.82) is 0 Å². The first kappa shape index (κ1) is 34.1. The molecule has 0 aromatic heterocycles. The summed E-state index contributed by atoms with van der Waals surface area (Å²) in [4.78, 5) is 13.4. The molecule has 0 unspecified atom stereocenters. The standard InChI is InChI=1S/C25H32N4O4S.C8H11NO/c1-6-10-21-20(17-26-22-11-8-9-12-23(22)33-7-2)24(30)29(27-21)18-13-15-19(16-14-18)34(31,32)28-25(3,4)5;1-2-10-8-6-4-3-5-7(8)9/h8-9,11-17,26,28H,6-7,10H2,1-5H3;3-6H,2,9H2,1H3. The Morgan fingerprint density at radius 3 is 2.07 bits per heavy atom. The molecule has 11 heteroatoms. The highest BCUT2D eigenvalue weighted by molar-refractivity contribution is 7.89. The summed E-state index contributed by atoms with van der Waals surface area (Å²) >= 11 is 0. The highest BCUT2D eigenvalue weighted by Crippen LogP contribution is 2.28. The fourth-order valence-electron chi connectivity index (χ4n) is 4.21. The number of nitrogen functional groups attached to an aromatic ring is 1. The maximum atomic E-state index is 13.2. The predicted molar refractivity (Wildman–Crippen MR) is 178 cm³/mol. The molecule has 0 atom stereocenters. The lowest BCUT2D eigenvalue weighted by Gasteiger charge is -2.20. The van der Waals surface area contributed by atoms with Crippen molar-refractivity contribution >= 4 is 38.7 Å². The molecule has 44 heavy (non-hydrogen) atoms. The third-order valence-electron chi connectivity index (χ3n) is 6.05. The van der Waals surface area contributed by atoms with Gasteiger partial charge in [0.15, 0.2) is 0 Å². The van der Waals surface area contributed by atoms with E-state index < -0.39 is 15.6 Å². The van der Waals surface area contributed by atoms with Gasteiger partial charge in [-0.15, -0.1) is 0 Å². The Labute approximate surface area is 261 Å². The first-order valence-electron chi connectivity index (χ1n) is 14.6. The number of carbonyl (C=O) groups excluding carboxylic acids is 1. The van der Waals surface area contributed by atoms with Gasteiger partial charge in [0, 0.05) is 11.7 Å². The molecule has 1 aliphatic rings. The number of para-hydroxylation sites is 4. The molecule has 3 aromatic rings. The van der Waals surface area contributed by atoms with E-state index >= 15 is 0 Å². The van der Waals surface area contributed by atoms with E-state index in [4.69, 9.17) is 15.2 Å². The number of benzene rings is 3. The maximum Gasteiger partial charge on any atom is 0.282 e. The van der Waals surface area contributed by atoms with E-state index in [0.717, 1.165) is 17.9 Å². The fourth-order valence-corrected chi connectivity index (χ4v) is 5.63. The van der Waals surface area contributed by atoms with E-state index in [2.05, 4.69) is 15.1 Å². The molecule has 0 radical (unpaired) electrons. The molecule has 1 heterocycles. The van der Waals surface area contributed by atoms with Gasteiger partial charge in [-0.3, -0.25) is 4.79 Å². The van der Waals surface area contributed by atoms with Gasteiger partial charge in [0.25, 0.3) is 5.91 Å². The van der Waals surface area contributed by atoms with Crippen LogP contribution in [0.15, 0.2) is 94.6 Å². The third-order valence-corrected chi connectivity index (χ3v) is 7.82. The van der Waals surface area contributed by atoms with Gasteiger partial charge in [0.05, 0.1) is 46.5 Å². The number of hydrazone groups is 1. The van der Waals surface area contributed by atoms with Crippen LogP contribution in [0.3, 0.4) is 0 Å². The number of nitrogens with zero attached hydrogens (tertiary/aromatic N) is 2. The Hall–Kier alpha value is -4.35. The molecule has 0 saturated carbocycles. The van der Waals surface area contributed by atoms with Crippen molar-refractivity contribution in [2.45, 2.75) is 64.8 Å². The molecule has 1 amide bonds. The van der Waals surface area contributed by atoms with Gasteiger partial charge in [-0.2, -0.15) is 10.1 Å².